The molecule has 0 amide bonds. The Bertz CT molecular complexity index is 643. The number of nitrogens with zero attached hydrogens (tertiary/aromatic N) is 2. The number of rotatable bonds is 2. The van der Waals surface area contributed by atoms with Gasteiger partial charge < -0.3 is 0 Å². The molecule has 2 rings (SSSR count). The predicted molar refractivity (Wildman–Crippen MR) is 65.5 cm³/mol. The molecule has 0 aliphatic rings. The maximum absolute atomic E-state index is 11.9. The van der Waals surface area contributed by atoms with Crippen LogP contribution in [0, 0.1) is 11.3 Å². The van der Waals surface area contributed by atoms with E-state index in [2.05, 4.69) is 0 Å². The first-order valence-corrected chi connectivity index (χ1v) is 5.64. The highest BCUT2D eigenvalue weighted by molar-refractivity contribution is 7.13. The molecule has 0 aliphatic heterocycles. The number of nitriles is 1. The van der Waals surface area contributed by atoms with Crippen molar-refractivity contribution in [3.05, 3.63) is 46.3 Å². The monoisotopic (exact) mass is 230 g/mol. The largest absolute Gasteiger partial charge is 0.268 e. The van der Waals surface area contributed by atoms with Crippen LogP contribution in [0.25, 0.3) is 10.1 Å². The molecule has 0 radical (unpaired) electrons. The van der Waals surface area contributed by atoms with Gasteiger partial charge in [-0.2, -0.15) is 5.26 Å². The highest BCUT2D eigenvalue weighted by Crippen LogP contribution is 2.16. The topological polar surface area (TPSA) is 45.8 Å². The van der Waals surface area contributed by atoms with Crippen LogP contribution < -0.4 is 5.56 Å². The molecule has 0 N–H and O–H groups in total. The van der Waals surface area contributed by atoms with Gasteiger partial charge in [-0.25, -0.2) is 0 Å². The second-order valence-electron chi connectivity index (χ2n) is 3.55. The number of aromatic nitrogens is 1. The molecule has 0 aliphatic carbocycles. The van der Waals surface area contributed by atoms with Gasteiger partial charge in [-0.05, 0) is 24.6 Å². The van der Waals surface area contributed by atoms with Crippen LogP contribution in [-0.4, -0.2) is 3.96 Å². The molecule has 3 nitrogen and oxygen atoms in total. The first kappa shape index (κ1) is 10.7. The van der Waals surface area contributed by atoms with E-state index >= 15 is 0 Å². The number of fused-ring (bicyclic) bond motifs is 1. The number of hydrogen-bond acceptors (Lipinski definition) is 3. The van der Waals surface area contributed by atoms with Gasteiger partial charge in [0.1, 0.15) is 0 Å². The fourth-order valence-corrected chi connectivity index (χ4v) is 2.58. The molecule has 0 saturated heterocycles. The van der Waals surface area contributed by atoms with Crippen LogP contribution in [0.1, 0.15) is 6.92 Å². The average molecular weight is 230 g/mol. The molecule has 16 heavy (non-hydrogen) atoms. The quantitative estimate of drug-likeness (QED) is 0.744. The molecule has 1 aromatic carbocycles. The van der Waals surface area contributed by atoms with Crippen LogP contribution in [0.2, 0.25) is 0 Å². The molecule has 0 unspecified atom stereocenters. The molecule has 1 heterocycles. The van der Waals surface area contributed by atoms with Crippen LogP contribution in [0.4, 0.5) is 0 Å². The highest BCUT2D eigenvalue weighted by Gasteiger charge is 2.06. The molecule has 80 valence electrons. The third-order valence-electron chi connectivity index (χ3n) is 2.26. The van der Waals surface area contributed by atoms with Crippen molar-refractivity contribution in [2.75, 3.05) is 0 Å². The summed E-state index contributed by atoms with van der Waals surface area (Å²) in [6, 6.07) is 9.50. The third kappa shape index (κ3) is 1.90. The standard InChI is InChI=1S/C12H10N2OS/c1-9(6-7-13)8-14-12(15)10-4-2-3-5-11(10)16-14/h2-6H,8H2,1H3. The van der Waals surface area contributed by atoms with E-state index < -0.39 is 0 Å². The van der Waals surface area contributed by atoms with Crippen molar-refractivity contribution >= 4 is 21.6 Å². The second kappa shape index (κ2) is 4.33. The Hall–Kier alpha value is -1.86. The minimum Gasteiger partial charge on any atom is -0.268 e. The summed E-state index contributed by atoms with van der Waals surface area (Å²) in [4.78, 5) is 11.9. The summed E-state index contributed by atoms with van der Waals surface area (Å²) in [5.74, 6) is 0. The fourth-order valence-electron chi connectivity index (χ4n) is 1.50. The summed E-state index contributed by atoms with van der Waals surface area (Å²) in [5.41, 5.74) is 0.905. The molecular formula is C12H10N2OS. The SMILES string of the molecule is CC(=CC#N)Cn1sc2ccccc2c1=O. The summed E-state index contributed by atoms with van der Waals surface area (Å²) < 4.78 is 2.66. The minimum absolute atomic E-state index is 0.0197. The maximum Gasteiger partial charge on any atom is 0.268 e. The van der Waals surface area contributed by atoms with Crippen LogP contribution in [0.15, 0.2) is 40.7 Å². The zero-order valence-corrected chi connectivity index (χ0v) is 9.62. The third-order valence-corrected chi connectivity index (χ3v) is 3.32. The van der Waals surface area contributed by atoms with Gasteiger partial charge in [0, 0.05) is 6.08 Å². The van der Waals surface area contributed by atoms with Crippen molar-refractivity contribution in [2.24, 2.45) is 0 Å². The molecular weight excluding hydrogens is 220 g/mol. The van der Waals surface area contributed by atoms with Crippen molar-refractivity contribution in [2.45, 2.75) is 13.5 Å². The first-order valence-electron chi connectivity index (χ1n) is 4.86. The van der Waals surface area contributed by atoms with Crippen molar-refractivity contribution in [1.82, 2.24) is 3.96 Å². The van der Waals surface area contributed by atoms with E-state index in [9.17, 15) is 4.79 Å². The Balaban J connectivity index is 2.48. The van der Waals surface area contributed by atoms with Crippen molar-refractivity contribution < 1.29 is 0 Å². The average Bonchev–Trinajstić information content (AvgIpc) is 2.57. The Morgan fingerprint density at radius 3 is 3.00 bits per heavy atom. The predicted octanol–water partition coefficient (Wildman–Crippen LogP) is 2.53. The van der Waals surface area contributed by atoms with Crippen molar-refractivity contribution in [1.29, 1.82) is 5.26 Å². The van der Waals surface area contributed by atoms with E-state index in [4.69, 9.17) is 5.26 Å². The van der Waals surface area contributed by atoms with Gasteiger partial charge in [-0.3, -0.25) is 8.75 Å². The molecule has 0 saturated carbocycles. The molecule has 0 bridgehead atoms. The minimum atomic E-state index is 0.0197. The molecule has 4 heteroatoms. The van der Waals surface area contributed by atoms with Gasteiger partial charge in [-0.15, -0.1) is 0 Å². The highest BCUT2D eigenvalue weighted by atomic mass is 32.1. The van der Waals surface area contributed by atoms with Gasteiger partial charge in [0.15, 0.2) is 0 Å². The number of benzene rings is 1. The number of allylic oxidation sites excluding steroid dienone is 2. The van der Waals surface area contributed by atoms with E-state index in [-0.39, 0.29) is 5.56 Å². The molecule has 0 fully saturated rings. The van der Waals surface area contributed by atoms with Gasteiger partial charge in [0.25, 0.3) is 5.56 Å². The zero-order chi connectivity index (χ0) is 11.5. The molecule has 0 spiro atoms. The molecule has 1 aromatic heterocycles. The second-order valence-corrected chi connectivity index (χ2v) is 4.61. The van der Waals surface area contributed by atoms with E-state index in [0.29, 0.717) is 6.54 Å². The van der Waals surface area contributed by atoms with Crippen LogP contribution >= 0.6 is 11.5 Å². The molecule has 0 atom stereocenters. The normalized spacial score (nSPS) is 11.6. The number of hydrogen-bond donors (Lipinski definition) is 0. The summed E-state index contributed by atoms with van der Waals surface area (Å²) in [7, 11) is 0. The Morgan fingerprint density at radius 1 is 1.56 bits per heavy atom. The lowest BCUT2D eigenvalue weighted by Crippen LogP contribution is -2.13. The summed E-state index contributed by atoms with van der Waals surface area (Å²) >= 11 is 1.43. The van der Waals surface area contributed by atoms with Crippen LogP contribution in [-0.2, 0) is 6.54 Å². The summed E-state index contributed by atoms with van der Waals surface area (Å²) in [6.07, 6.45) is 1.47. The summed E-state index contributed by atoms with van der Waals surface area (Å²) in [5, 5.41) is 9.26. The Labute approximate surface area is 97.0 Å². The lowest BCUT2D eigenvalue weighted by atomic mass is 10.3. The smallest absolute Gasteiger partial charge is 0.268 e. The molecule has 2 aromatic rings. The van der Waals surface area contributed by atoms with Crippen molar-refractivity contribution in [3.63, 3.8) is 0 Å². The lowest BCUT2D eigenvalue weighted by Gasteiger charge is -1.97. The van der Waals surface area contributed by atoms with Gasteiger partial charge in [-0.1, -0.05) is 23.7 Å². The van der Waals surface area contributed by atoms with Gasteiger partial charge >= 0.3 is 0 Å². The van der Waals surface area contributed by atoms with Gasteiger partial charge in [0.05, 0.1) is 22.7 Å². The summed E-state index contributed by atoms with van der Waals surface area (Å²) in [6.45, 7) is 2.34. The van der Waals surface area contributed by atoms with E-state index in [1.807, 2.05) is 37.3 Å². The van der Waals surface area contributed by atoms with E-state index in [1.54, 1.807) is 3.96 Å². The van der Waals surface area contributed by atoms with E-state index in [1.165, 1.54) is 17.6 Å². The van der Waals surface area contributed by atoms with Gasteiger partial charge in [0.2, 0.25) is 0 Å². The zero-order valence-electron chi connectivity index (χ0n) is 8.80. The lowest BCUT2D eigenvalue weighted by molar-refractivity contribution is 0.836. The van der Waals surface area contributed by atoms with Crippen LogP contribution in [0.5, 0.6) is 0 Å². The Morgan fingerprint density at radius 2 is 2.31 bits per heavy atom. The Kier molecular flexibility index (Phi) is 2.88. The maximum atomic E-state index is 11.9. The van der Waals surface area contributed by atoms with Crippen molar-refractivity contribution in [3.8, 4) is 6.07 Å². The van der Waals surface area contributed by atoms with E-state index in [0.717, 1.165) is 15.7 Å². The van der Waals surface area contributed by atoms with Crippen LogP contribution in [0.3, 0.4) is 0 Å². The first-order chi connectivity index (χ1) is 7.72. The fraction of sp³-hybridized carbons (Fsp3) is 0.167.